The van der Waals surface area contributed by atoms with Crippen molar-refractivity contribution in [2.75, 3.05) is 6.54 Å². The molecule has 2 aliphatic carbocycles. The normalized spacial score (nSPS) is 18.1. The monoisotopic (exact) mass is 321 g/mol. The van der Waals surface area contributed by atoms with Crippen LogP contribution in [0.3, 0.4) is 0 Å². The Bertz CT molecular complexity index is 593. The van der Waals surface area contributed by atoms with E-state index in [9.17, 15) is 5.11 Å². The molecule has 2 aliphatic rings. The summed E-state index contributed by atoms with van der Waals surface area (Å²) in [5.41, 5.74) is 2.17. The van der Waals surface area contributed by atoms with Crippen LogP contribution in [-0.2, 0) is 13.1 Å². The fourth-order valence-electron chi connectivity index (χ4n) is 3.97. The molecule has 1 N–H and O–H groups in total. The summed E-state index contributed by atoms with van der Waals surface area (Å²) in [7, 11) is 0. The van der Waals surface area contributed by atoms with Crippen LogP contribution in [0.4, 0.5) is 0 Å². The van der Waals surface area contributed by atoms with Crippen molar-refractivity contribution in [1.29, 1.82) is 0 Å². The van der Waals surface area contributed by atoms with Crippen molar-refractivity contribution in [2.45, 2.75) is 44.4 Å². The van der Waals surface area contributed by atoms with E-state index >= 15 is 0 Å². The van der Waals surface area contributed by atoms with Gasteiger partial charge in [0.25, 0.3) is 0 Å². The van der Waals surface area contributed by atoms with Crippen molar-refractivity contribution in [3.05, 3.63) is 71.8 Å². The van der Waals surface area contributed by atoms with Crippen molar-refractivity contribution in [3.8, 4) is 0 Å². The number of rotatable bonds is 8. The number of nitrogens with zero attached hydrogens (tertiary/aromatic N) is 1. The summed E-state index contributed by atoms with van der Waals surface area (Å²) in [6.07, 6.45) is 4.82. The first-order chi connectivity index (χ1) is 11.7. The fraction of sp³-hybridized carbons (Fsp3) is 0.455. The van der Waals surface area contributed by atoms with Gasteiger partial charge in [0, 0.05) is 19.6 Å². The molecule has 4 rings (SSSR count). The van der Waals surface area contributed by atoms with Crippen LogP contribution < -0.4 is 0 Å². The van der Waals surface area contributed by atoms with Gasteiger partial charge in [0.15, 0.2) is 0 Å². The maximum atomic E-state index is 11.4. The molecule has 2 saturated carbocycles. The predicted octanol–water partition coefficient (Wildman–Crippen LogP) is 4.24. The quantitative estimate of drug-likeness (QED) is 0.786. The molecule has 0 radical (unpaired) electrons. The van der Waals surface area contributed by atoms with Crippen LogP contribution in [0.25, 0.3) is 0 Å². The predicted molar refractivity (Wildman–Crippen MR) is 97.4 cm³/mol. The van der Waals surface area contributed by atoms with Gasteiger partial charge in [-0.3, -0.25) is 4.90 Å². The maximum absolute atomic E-state index is 11.4. The Labute approximate surface area is 145 Å². The highest BCUT2D eigenvalue weighted by molar-refractivity contribution is 5.18. The summed E-state index contributed by atoms with van der Waals surface area (Å²) in [4.78, 5) is 2.45. The van der Waals surface area contributed by atoms with E-state index in [0.29, 0.717) is 11.8 Å². The third-order valence-electron chi connectivity index (χ3n) is 5.54. The van der Waals surface area contributed by atoms with E-state index in [1.165, 1.54) is 36.8 Å². The zero-order chi connectivity index (χ0) is 16.4. The van der Waals surface area contributed by atoms with Crippen molar-refractivity contribution in [1.82, 2.24) is 4.90 Å². The van der Waals surface area contributed by atoms with Gasteiger partial charge < -0.3 is 5.11 Å². The second-order valence-electron chi connectivity index (χ2n) is 7.66. The molecule has 0 amide bonds. The lowest BCUT2D eigenvalue weighted by Gasteiger charge is -2.35. The van der Waals surface area contributed by atoms with Crippen molar-refractivity contribution < 1.29 is 5.11 Å². The Hall–Kier alpha value is -1.64. The summed E-state index contributed by atoms with van der Waals surface area (Å²) in [6, 6.07) is 21.3. The molecule has 0 saturated heterocycles. The second-order valence-corrected chi connectivity index (χ2v) is 7.66. The maximum Gasteiger partial charge on any atom is 0.0830 e. The summed E-state index contributed by atoms with van der Waals surface area (Å²) in [6.45, 7) is 2.60. The first-order valence-corrected chi connectivity index (χ1v) is 9.26. The zero-order valence-corrected chi connectivity index (χ0v) is 14.3. The summed E-state index contributed by atoms with van der Waals surface area (Å²) in [5.74, 6) is 1.05. The molecule has 2 aromatic rings. The third-order valence-corrected chi connectivity index (χ3v) is 5.54. The fourth-order valence-corrected chi connectivity index (χ4v) is 3.97. The van der Waals surface area contributed by atoms with Crippen LogP contribution >= 0.6 is 0 Å². The van der Waals surface area contributed by atoms with E-state index in [-0.39, 0.29) is 0 Å². The number of hydrogen-bond donors (Lipinski definition) is 1. The zero-order valence-electron chi connectivity index (χ0n) is 14.3. The van der Waals surface area contributed by atoms with Gasteiger partial charge >= 0.3 is 0 Å². The van der Waals surface area contributed by atoms with Crippen LogP contribution in [-0.4, -0.2) is 22.2 Å². The Balaban J connectivity index is 1.52. The van der Waals surface area contributed by atoms with Gasteiger partial charge in [-0.25, -0.2) is 0 Å². The Morgan fingerprint density at radius 1 is 0.750 bits per heavy atom. The van der Waals surface area contributed by atoms with Gasteiger partial charge in [-0.05, 0) is 48.6 Å². The molecule has 0 heterocycles. The molecule has 0 unspecified atom stereocenters. The van der Waals surface area contributed by atoms with E-state index in [4.69, 9.17) is 0 Å². The van der Waals surface area contributed by atoms with E-state index in [1.54, 1.807) is 0 Å². The number of benzene rings is 2. The smallest absolute Gasteiger partial charge is 0.0830 e. The molecule has 2 aromatic carbocycles. The molecule has 2 nitrogen and oxygen atoms in total. The second kappa shape index (κ2) is 6.70. The minimum Gasteiger partial charge on any atom is -0.388 e. The highest BCUT2D eigenvalue weighted by Gasteiger charge is 2.53. The lowest BCUT2D eigenvalue weighted by Crippen LogP contribution is -2.46. The van der Waals surface area contributed by atoms with Crippen molar-refractivity contribution in [2.24, 2.45) is 11.8 Å². The topological polar surface area (TPSA) is 23.5 Å². The highest BCUT2D eigenvalue weighted by atomic mass is 16.3. The Morgan fingerprint density at radius 2 is 1.17 bits per heavy atom. The van der Waals surface area contributed by atoms with Gasteiger partial charge in [-0.2, -0.15) is 0 Å². The van der Waals surface area contributed by atoms with Crippen LogP contribution in [0.5, 0.6) is 0 Å². The average Bonchev–Trinajstić information content (AvgIpc) is 3.49. The van der Waals surface area contributed by atoms with Gasteiger partial charge in [0.05, 0.1) is 5.60 Å². The van der Waals surface area contributed by atoms with E-state index in [0.717, 1.165) is 19.6 Å². The van der Waals surface area contributed by atoms with Gasteiger partial charge in [-0.1, -0.05) is 60.7 Å². The molecule has 24 heavy (non-hydrogen) atoms. The lowest BCUT2D eigenvalue weighted by atomic mass is 9.90. The van der Waals surface area contributed by atoms with E-state index in [1.807, 2.05) is 0 Å². The standard InChI is InChI=1S/C22H27NO/c24-22(20-11-12-20,21-13-14-21)17-23(15-18-7-3-1-4-8-18)16-19-9-5-2-6-10-19/h1-10,20-21,24H,11-17H2. The third kappa shape index (κ3) is 3.71. The lowest BCUT2D eigenvalue weighted by molar-refractivity contribution is -0.0390. The average molecular weight is 321 g/mol. The molecular weight excluding hydrogens is 294 g/mol. The van der Waals surface area contributed by atoms with Crippen LogP contribution in [0, 0.1) is 11.8 Å². The van der Waals surface area contributed by atoms with Crippen LogP contribution in [0.2, 0.25) is 0 Å². The molecule has 0 aromatic heterocycles. The SMILES string of the molecule is OC(CN(Cc1ccccc1)Cc1ccccc1)(C1CC1)C1CC1. The van der Waals surface area contributed by atoms with Crippen molar-refractivity contribution >= 4 is 0 Å². The summed E-state index contributed by atoms with van der Waals surface area (Å²) >= 11 is 0. The number of hydrogen-bond acceptors (Lipinski definition) is 2. The molecule has 126 valence electrons. The van der Waals surface area contributed by atoms with Crippen LogP contribution in [0.15, 0.2) is 60.7 Å². The summed E-state index contributed by atoms with van der Waals surface area (Å²) < 4.78 is 0. The first-order valence-electron chi connectivity index (χ1n) is 9.26. The Kier molecular flexibility index (Phi) is 4.43. The molecule has 2 fully saturated rings. The van der Waals surface area contributed by atoms with Gasteiger partial charge in [0.2, 0.25) is 0 Å². The molecular formula is C22H27NO. The molecule has 0 aliphatic heterocycles. The molecule has 0 spiro atoms. The van der Waals surface area contributed by atoms with Crippen molar-refractivity contribution in [3.63, 3.8) is 0 Å². The molecule has 2 heteroatoms. The van der Waals surface area contributed by atoms with Gasteiger partial charge in [-0.15, -0.1) is 0 Å². The van der Waals surface area contributed by atoms with E-state index < -0.39 is 5.60 Å². The highest BCUT2D eigenvalue weighted by Crippen LogP contribution is 2.52. The minimum atomic E-state index is -0.469. The number of aliphatic hydroxyl groups is 1. The summed E-state index contributed by atoms with van der Waals surface area (Å²) in [5, 5.41) is 11.4. The minimum absolute atomic E-state index is 0.469. The van der Waals surface area contributed by atoms with Crippen LogP contribution in [0.1, 0.15) is 36.8 Å². The molecule has 0 bridgehead atoms. The van der Waals surface area contributed by atoms with E-state index in [2.05, 4.69) is 65.6 Å². The van der Waals surface area contributed by atoms with Gasteiger partial charge in [0.1, 0.15) is 0 Å². The first kappa shape index (κ1) is 15.9. The molecule has 0 atom stereocenters. The largest absolute Gasteiger partial charge is 0.388 e. The Morgan fingerprint density at radius 3 is 1.54 bits per heavy atom.